The Bertz CT molecular complexity index is 576. The van der Waals surface area contributed by atoms with Gasteiger partial charge in [-0.25, -0.2) is 9.37 Å². The van der Waals surface area contributed by atoms with Crippen molar-refractivity contribution in [3.63, 3.8) is 0 Å². The molecular formula is C11H13FN4O. The van der Waals surface area contributed by atoms with Crippen molar-refractivity contribution < 1.29 is 9.18 Å². The van der Waals surface area contributed by atoms with Crippen LogP contribution in [-0.2, 0) is 11.3 Å². The van der Waals surface area contributed by atoms with E-state index in [0.717, 1.165) is 0 Å². The van der Waals surface area contributed by atoms with Crippen molar-refractivity contribution in [2.75, 3.05) is 19.8 Å². The molecule has 0 aliphatic rings. The first-order chi connectivity index (χ1) is 7.99. The van der Waals surface area contributed by atoms with E-state index in [1.54, 1.807) is 24.7 Å². The third-order valence-electron chi connectivity index (χ3n) is 2.53. The van der Waals surface area contributed by atoms with Crippen molar-refractivity contribution >= 4 is 22.9 Å². The second-order valence-electron chi connectivity index (χ2n) is 3.98. The molecular weight excluding hydrogens is 223 g/mol. The number of carbonyl (C=O) groups is 1. The van der Waals surface area contributed by atoms with E-state index >= 15 is 0 Å². The van der Waals surface area contributed by atoms with E-state index in [4.69, 9.17) is 5.73 Å². The number of nitrogen functional groups attached to an aromatic ring is 1. The van der Waals surface area contributed by atoms with Gasteiger partial charge in [0.15, 0.2) is 0 Å². The van der Waals surface area contributed by atoms with E-state index in [9.17, 15) is 9.18 Å². The monoisotopic (exact) mass is 236 g/mol. The van der Waals surface area contributed by atoms with Gasteiger partial charge in [0.2, 0.25) is 11.9 Å². The maximum absolute atomic E-state index is 13.0. The lowest BCUT2D eigenvalue weighted by molar-refractivity contribution is -0.129. The molecule has 6 heteroatoms. The molecule has 0 fully saturated rings. The summed E-state index contributed by atoms with van der Waals surface area (Å²) in [5.74, 6) is -0.262. The first kappa shape index (κ1) is 11.4. The van der Waals surface area contributed by atoms with Crippen LogP contribution in [0, 0.1) is 5.82 Å². The van der Waals surface area contributed by atoms with Gasteiger partial charge in [0.05, 0.1) is 11.0 Å². The van der Waals surface area contributed by atoms with Crippen molar-refractivity contribution in [1.82, 2.24) is 14.5 Å². The van der Waals surface area contributed by atoms with Gasteiger partial charge < -0.3 is 15.2 Å². The Balaban J connectivity index is 2.46. The molecule has 0 aliphatic heterocycles. The first-order valence-corrected chi connectivity index (χ1v) is 5.10. The van der Waals surface area contributed by atoms with Gasteiger partial charge in [-0.15, -0.1) is 0 Å². The molecule has 17 heavy (non-hydrogen) atoms. The van der Waals surface area contributed by atoms with Gasteiger partial charge in [-0.2, -0.15) is 0 Å². The zero-order valence-electron chi connectivity index (χ0n) is 9.64. The largest absolute Gasteiger partial charge is 0.369 e. The molecule has 0 unspecified atom stereocenters. The lowest BCUT2D eigenvalue weighted by Crippen LogP contribution is -2.26. The topological polar surface area (TPSA) is 64.2 Å². The van der Waals surface area contributed by atoms with Gasteiger partial charge in [-0.1, -0.05) is 0 Å². The molecule has 1 heterocycles. The average Bonchev–Trinajstić information content (AvgIpc) is 2.54. The molecule has 0 atom stereocenters. The highest BCUT2D eigenvalue weighted by atomic mass is 19.1. The van der Waals surface area contributed by atoms with Crippen LogP contribution in [0.5, 0.6) is 0 Å². The molecule has 0 aliphatic carbocycles. The second-order valence-corrected chi connectivity index (χ2v) is 3.98. The maximum atomic E-state index is 13.0. The number of benzene rings is 1. The molecule has 2 N–H and O–H groups in total. The predicted molar refractivity (Wildman–Crippen MR) is 62.8 cm³/mol. The number of halogens is 1. The van der Waals surface area contributed by atoms with Crippen LogP contribution in [-0.4, -0.2) is 34.5 Å². The van der Waals surface area contributed by atoms with Gasteiger partial charge in [-0.3, -0.25) is 4.79 Å². The van der Waals surface area contributed by atoms with Gasteiger partial charge in [0, 0.05) is 20.2 Å². The molecule has 0 saturated heterocycles. The minimum absolute atomic E-state index is 0.0969. The van der Waals surface area contributed by atoms with Crippen LogP contribution in [0.2, 0.25) is 0 Å². The van der Waals surface area contributed by atoms with Crippen LogP contribution >= 0.6 is 0 Å². The lowest BCUT2D eigenvalue weighted by Gasteiger charge is -2.11. The van der Waals surface area contributed by atoms with Crippen LogP contribution in [0.3, 0.4) is 0 Å². The molecule has 0 saturated carbocycles. The summed E-state index contributed by atoms with van der Waals surface area (Å²) in [4.78, 5) is 17.1. The van der Waals surface area contributed by atoms with Crippen molar-refractivity contribution in [2.24, 2.45) is 0 Å². The molecule has 1 amide bonds. The number of imidazole rings is 1. The second kappa shape index (κ2) is 4.04. The Morgan fingerprint density at radius 3 is 2.88 bits per heavy atom. The molecule has 0 bridgehead atoms. The van der Waals surface area contributed by atoms with Crippen molar-refractivity contribution in [2.45, 2.75) is 6.54 Å². The number of fused-ring (bicyclic) bond motifs is 1. The Morgan fingerprint density at radius 1 is 1.53 bits per heavy atom. The summed E-state index contributed by atoms with van der Waals surface area (Å²) < 4.78 is 14.6. The summed E-state index contributed by atoms with van der Waals surface area (Å²) in [7, 11) is 3.33. The molecule has 1 aromatic carbocycles. The van der Waals surface area contributed by atoms with Gasteiger partial charge in [-0.05, 0) is 12.1 Å². The van der Waals surface area contributed by atoms with Gasteiger partial charge in [0.1, 0.15) is 12.4 Å². The van der Waals surface area contributed by atoms with Gasteiger partial charge in [0.25, 0.3) is 0 Å². The lowest BCUT2D eigenvalue weighted by atomic mass is 10.3. The third kappa shape index (κ3) is 2.06. The van der Waals surface area contributed by atoms with Crippen LogP contribution in [0.4, 0.5) is 10.3 Å². The number of carbonyl (C=O) groups excluding carboxylic acids is 1. The highest BCUT2D eigenvalue weighted by Crippen LogP contribution is 2.18. The van der Waals surface area contributed by atoms with Crippen LogP contribution in [0.15, 0.2) is 18.2 Å². The predicted octanol–water partition coefficient (Wildman–Crippen LogP) is 0.846. The minimum atomic E-state index is -0.374. The number of hydrogen-bond donors (Lipinski definition) is 1. The Labute approximate surface area is 97.6 Å². The summed E-state index contributed by atoms with van der Waals surface area (Å²) in [6, 6.07) is 4.18. The molecule has 1 aromatic heterocycles. The zero-order valence-corrected chi connectivity index (χ0v) is 9.64. The van der Waals surface area contributed by atoms with E-state index in [0.29, 0.717) is 11.0 Å². The number of anilines is 1. The standard InChI is InChI=1S/C11H13FN4O/c1-15(2)10(17)6-16-9-4-3-7(12)5-8(9)14-11(16)13/h3-5H,6H2,1-2H3,(H2,13,14). The average molecular weight is 236 g/mol. The third-order valence-corrected chi connectivity index (χ3v) is 2.53. The van der Waals surface area contributed by atoms with E-state index in [2.05, 4.69) is 4.98 Å². The van der Waals surface area contributed by atoms with Gasteiger partial charge >= 0.3 is 0 Å². The maximum Gasteiger partial charge on any atom is 0.242 e. The molecule has 5 nitrogen and oxygen atoms in total. The summed E-state index contributed by atoms with van der Waals surface area (Å²) in [6.45, 7) is 0.0982. The fourth-order valence-electron chi connectivity index (χ4n) is 1.56. The quantitative estimate of drug-likeness (QED) is 0.840. The molecule has 2 rings (SSSR count). The molecule has 2 aromatic rings. The fraction of sp³-hybridized carbons (Fsp3) is 0.273. The number of likely N-dealkylation sites (N-methyl/N-ethyl adjacent to an activating group) is 1. The number of nitrogens with zero attached hydrogens (tertiary/aromatic N) is 3. The van der Waals surface area contributed by atoms with Crippen LogP contribution in [0.25, 0.3) is 11.0 Å². The van der Waals surface area contributed by atoms with E-state index in [-0.39, 0.29) is 24.2 Å². The van der Waals surface area contributed by atoms with Crippen LogP contribution < -0.4 is 5.73 Å². The highest BCUT2D eigenvalue weighted by molar-refractivity contribution is 5.82. The van der Waals surface area contributed by atoms with Crippen molar-refractivity contribution in [3.8, 4) is 0 Å². The first-order valence-electron chi connectivity index (χ1n) is 5.10. The molecule has 0 spiro atoms. The van der Waals surface area contributed by atoms with E-state index < -0.39 is 0 Å². The Morgan fingerprint density at radius 2 is 2.24 bits per heavy atom. The van der Waals surface area contributed by atoms with Crippen LogP contribution in [0.1, 0.15) is 0 Å². The summed E-state index contributed by atoms with van der Waals surface area (Å²) in [6.07, 6.45) is 0. The number of aromatic nitrogens is 2. The van der Waals surface area contributed by atoms with E-state index in [1.807, 2.05) is 0 Å². The molecule has 90 valence electrons. The summed E-state index contributed by atoms with van der Waals surface area (Å²) >= 11 is 0. The normalized spacial score (nSPS) is 10.8. The minimum Gasteiger partial charge on any atom is -0.369 e. The highest BCUT2D eigenvalue weighted by Gasteiger charge is 2.13. The van der Waals surface area contributed by atoms with E-state index in [1.165, 1.54) is 17.0 Å². The van der Waals surface area contributed by atoms with Crippen molar-refractivity contribution in [3.05, 3.63) is 24.0 Å². The SMILES string of the molecule is CN(C)C(=O)Cn1c(N)nc2cc(F)ccc21. The number of rotatable bonds is 2. The Hall–Kier alpha value is -2.11. The number of nitrogens with two attached hydrogens (primary N) is 1. The zero-order chi connectivity index (χ0) is 12.6. The summed E-state index contributed by atoms with van der Waals surface area (Å²) in [5.41, 5.74) is 6.82. The fourth-order valence-corrected chi connectivity index (χ4v) is 1.56. The van der Waals surface area contributed by atoms with Crippen molar-refractivity contribution in [1.29, 1.82) is 0 Å². The number of amides is 1. The summed E-state index contributed by atoms with van der Waals surface area (Å²) in [5, 5.41) is 0. The molecule has 0 radical (unpaired) electrons. The smallest absolute Gasteiger partial charge is 0.242 e. The number of hydrogen-bond acceptors (Lipinski definition) is 3. The Kier molecular flexibility index (Phi) is 2.71.